The van der Waals surface area contributed by atoms with Crippen molar-refractivity contribution in [2.24, 2.45) is 0 Å². The van der Waals surface area contributed by atoms with Gasteiger partial charge in [-0.2, -0.15) is 0 Å². The molecule has 9 heteroatoms. The standard InChI is InChI=1S/C27H21BrINO5S/c1-16-3-5-17(6-4-16)15-35-25-21(29)11-18(12-23(25)34-2)13-24-26(32)30(27(33)36-24)14-22(31)19-7-9-20(28)10-8-19/h3-13H,14-15H2,1-2H3/b24-13-. The Balaban J connectivity index is 1.50. The lowest BCUT2D eigenvalue weighted by atomic mass is 10.1. The molecule has 0 radical (unpaired) electrons. The number of halogens is 2. The molecule has 0 unspecified atom stereocenters. The van der Waals surface area contributed by atoms with Crippen LogP contribution in [0.5, 0.6) is 11.5 Å². The van der Waals surface area contributed by atoms with Gasteiger partial charge in [-0.3, -0.25) is 19.3 Å². The van der Waals surface area contributed by atoms with Crippen LogP contribution in [0.15, 0.2) is 70.0 Å². The van der Waals surface area contributed by atoms with Gasteiger partial charge in [0.1, 0.15) is 6.61 Å². The van der Waals surface area contributed by atoms with Gasteiger partial charge in [-0.1, -0.05) is 57.9 Å². The molecule has 1 heterocycles. The fourth-order valence-corrected chi connectivity index (χ4v) is 5.35. The van der Waals surface area contributed by atoms with Crippen molar-refractivity contribution < 1.29 is 23.9 Å². The first-order valence-electron chi connectivity index (χ1n) is 10.8. The fraction of sp³-hybridized carbons (Fsp3) is 0.148. The molecule has 0 N–H and O–H groups in total. The highest BCUT2D eigenvalue weighted by atomic mass is 127. The number of ether oxygens (including phenoxy) is 2. The number of benzene rings is 3. The number of carbonyl (C=O) groups excluding carboxylic acids is 3. The molecule has 1 aliphatic heterocycles. The second kappa shape index (κ2) is 11.6. The number of nitrogens with zero attached hydrogens (tertiary/aromatic N) is 1. The van der Waals surface area contributed by atoms with Crippen molar-refractivity contribution in [1.82, 2.24) is 4.90 Å². The third-order valence-electron chi connectivity index (χ3n) is 5.39. The molecule has 0 aliphatic carbocycles. The highest BCUT2D eigenvalue weighted by Crippen LogP contribution is 2.37. The maximum Gasteiger partial charge on any atom is 0.293 e. The minimum absolute atomic E-state index is 0.245. The van der Waals surface area contributed by atoms with Crippen LogP contribution in [-0.2, 0) is 11.4 Å². The molecule has 2 amide bonds. The highest BCUT2D eigenvalue weighted by Gasteiger charge is 2.36. The Morgan fingerprint density at radius 3 is 2.44 bits per heavy atom. The zero-order chi connectivity index (χ0) is 25.8. The van der Waals surface area contributed by atoms with E-state index in [9.17, 15) is 14.4 Å². The first-order chi connectivity index (χ1) is 17.2. The van der Waals surface area contributed by atoms with Crippen LogP contribution in [0.3, 0.4) is 0 Å². The Hall–Kier alpha value is -2.63. The number of aryl methyl sites for hydroxylation is 1. The number of hydrogen-bond acceptors (Lipinski definition) is 6. The average Bonchev–Trinajstić information content (AvgIpc) is 3.11. The summed E-state index contributed by atoms with van der Waals surface area (Å²) in [6, 6.07) is 18.5. The van der Waals surface area contributed by atoms with Crippen LogP contribution in [0, 0.1) is 10.5 Å². The molecule has 184 valence electrons. The summed E-state index contributed by atoms with van der Waals surface area (Å²) in [4.78, 5) is 39.3. The molecule has 0 bridgehead atoms. The van der Waals surface area contributed by atoms with Crippen LogP contribution in [0.25, 0.3) is 6.08 Å². The van der Waals surface area contributed by atoms with E-state index in [1.165, 1.54) is 5.56 Å². The molecule has 0 aromatic heterocycles. The number of carbonyl (C=O) groups is 3. The summed E-state index contributed by atoms with van der Waals surface area (Å²) in [6.45, 7) is 2.11. The normalized spacial score (nSPS) is 14.4. The summed E-state index contributed by atoms with van der Waals surface area (Å²) in [5.74, 6) is 0.315. The number of amides is 2. The van der Waals surface area contributed by atoms with Crippen LogP contribution in [0.1, 0.15) is 27.0 Å². The van der Waals surface area contributed by atoms with Crippen molar-refractivity contribution in [3.63, 3.8) is 0 Å². The van der Waals surface area contributed by atoms with E-state index in [2.05, 4.69) is 38.5 Å². The molecule has 4 rings (SSSR count). The Morgan fingerprint density at radius 1 is 1.08 bits per heavy atom. The summed E-state index contributed by atoms with van der Waals surface area (Å²) in [6.07, 6.45) is 1.63. The topological polar surface area (TPSA) is 72.9 Å². The predicted octanol–water partition coefficient (Wildman–Crippen LogP) is 6.87. The second-order valence-corrected chi connectivity index (χ2v) is 11.1. The summed E-state index contributed by atoms with van der Waals surface area (Å²) in [7, 11) is 1.55. The molecule has 6 nitrogen and oxygen atoms in total. The lowest BCUT2D eigenvalue weighted by molar-refractivity contribution is -0.122. The van der Waals surface area contributed by atoms with Crippen molar-refractivity contribution in [1.29, 1.82) is 0 Å². The number of thioether (sulfide) groups is 1. The number of methoxy groups -OCH3 is 1. The molecule has 1 aliphatic rings. The van der Waals surface area contributed by atoms with Crippen molar-refractivity contribution >= 4 is 73.3 Å². The third kappa shape index (κ3) is 6.19. The number of ketones is 1. The van der Waals surface area contributed by atoms with Gasteiger partial charge in [-0.15, -0.1) is 0 Å². The molecule has 3 aromatic rings. The lowest BCUT2D eigenvalue weighted by Gasteiger charge is -2.14. The number of rotatable bonds is 8. The van der Waals surface area contributed by atoms with E-state index in [1.807, 2.05) is 37.3 Å². The number of imide groups is 1. The first-order valence-corrected chi connectivity index (χ1v) is 13.5. The van der Waals surface area contributed by atoms with Crippen LogP contribution in [0.2, 0.25) is 0 Å². The number of hydrogen-bond donors (Lipinski definition) is 0. The van der Waals surface area contributed by atoms with Crippen LogP contribution in [-0.4, -0.2) is 35.5 Å². The third-order valence-corrected chi connectivity index (χ3v) is 7.63. The van der Waals surface area contributed by atoms with Crippen LogP contribution < -0.4 is 9.47 Å². The average molecular weight is 678 g/mol. The Kier molecular flexibility index (Phi) is 8.53. The molecule has 1 saturated heterocycles. The zero-order valence-corrected chi connectivity index (χ0v) is 24.0. The molecule has 0 saturated carbocycles. The Bertz CT molecular complexity index is 1360. The monoisotopic (exact) mass is 677 g/mol. The van der Waals surface area contributed by atoms with Gasteiger partial charge < -0.3 is 9.47 Å². The number of Topliss-reactive ketones (excluding diaryl/α,β-unsaturated/α-hetero) is 1. The van der Waals surface area contributed by atoms with E-state index in [-0.39, 0.29) is 17.2 Å². The van der Waals surface area contributed by atoms with Gasteiger partial charge in [0.2, 0.25) is 0 Å². The summed E-state index contributed by atoms with van der Waals surface area (Å²) in [5, 5.41) is -0.476. The maximum absolute atomic E-state index is 12.9. The summed E-state index contributed by atoms with van der Waals surface area (Å²) >= 11 is 6.29. The Labute approximate surface area is 235 Å². The summed E-state index contributed by atoms with van der Waals surface area (Å²) in [5.41, 5.74) is 3.33. The van der Waals surface area contributed by atoms with Gasteiger partial charge in [0, 0.05) is 10.0 Å². The van der Waals surface area contributed by atoms with E-state index < -0.39 is 11.1 Å². The molecule has 36 heavy (non-hydrogen) atoms. The maximum atomic E-state index is 12.9. The summed E-state index contributed by atoms with van der Waals surface area (Å²) < 4.78 is 13.2. The SMILES string of the molecule is COc1cc(/C=C2\SC(=O)N(CC(=O)c3ccc(Br)cc3)C2=O)cc(I)c1OCc1ccc(C)cc1. The zero-order valence-electron chi connectivity index (χ0n) is 19.4. The quantitative estimate of drug-likeness (QED) is 0.147. The fourth-order valence-electron chi connectivity index (χ4n) is 3.46. The van der Waals surface area contributed by atoms with Gasteiger partial charge in [0.25, 0.3) is 11.1 Å². The van der Waals surface area contributed by atoms with E-state index >= 15 is 0 Å². The van der Waals surface area contributed by atoms with Crippen molar-refractivity contribution in [2.45, 2.75) is 13.5 Å². The second-order valence-electron chi connectivity index (χ2n) is 8.01. The van der Waals surface area contributed by atoms with Crippen molar-refractivity contribution in [3.8, 4) is 11.5 Å². The van der Waals surface area contributed by atoms with E-state index in [1.54, 1.807) is 43.5 Å². The molecular weight excluding hydrogens is 657 g/mol. The van der Waals surface area contributed by atoms with Gasteiger partial charge in [-0.25, -0.2) is 0 Å². The first kappa shape index (κ1) is 26.4. The van der Waals surface area contributed by atoms with E-state index in [4.69, 9.17) is 9.47 Å². The minimum atomic E-state index is -0.496. The van der Waals surface area contributed by atoms with E-state index in [0.29, 0.717) is 29.2 Å². The van der Waals surface area contributed by atoms with Crippen molar-refractivity contribution in [3.05, 3.63) is 95.9 Å². The molecule has 0 atom stereocenters. The Morgan fingerprint density at radius 2 is 1.78 bits per heavy atom. The van der Waals surface area contributed by atoms with Gasteiger partial charge in [-0.05, 0) is 82.7 Å². The largest absolute Gasteiger partial charge is 0.493 e. The molecule has 1 fully saturated rings. The smallest absolute Gasteiger partial charge is 0.293 e. The van der Waals surface area contributed by atoms with E-state index in [0.717, 1.165) is 30.3 Å². The van der Waals surface area contributed by atoms with Gasteiger partial charge in [0.05, 0.1) is 22.1 Å². The molecular formula is C27H21BrINO5S. The minimum Gasteiger partial charge on any atom is -0.493 e. The predicted molar refractivity (Wildman–Crippen MR) is 152 cm³/mol. The lowest BCUT2D eigenvalue weighted by Crippen LogP contribution is -2.33. The molecule has 0 spiro atoms. The van der Waals surface area contributed by atoms with Crippen LogP contribution in [0.4, 0.5) is 4.79 Å². The van der Waals surface area contributed by atoms with Gasteiger partial charge >= 0.3 is 0 Å². The van der Waals surface area contributed by atoms with Crippen molar-refractivity contribution in [2.75, 3.05) is 13.7 Å². The van der Waals surface area contributed by atoms with Gasteiger partial charge in [0.15, 0.2) is 17.3 Å². The van der Waals surface area contributed by atoms with Crippen LogP contribution >= 0.6 is 50.3 Å². The molecule has 3 aromatic carbocycles. The highest BCUT2D eigenvalue weighted by molar-refractivity contribution is 14.1.